The third-order valence-electron chi connectivity index (χ3n) is 0.299. The number of amides is 1. The van der Waals surface area contributed by atoms with Gasteiger partial charge in [0.2, 0.25) is 6.41 Å². The van der Waals surface area contributed by atoms with Crippen molar-refractivity contribution in [1.29, 1.82) is 0 Å². The molecule has 0 aromatic carbocycles. The molecule has 0 aromatic rings. The summed E-state index contributed by atoms with van der Waals surface area (Å²) >= 11 is 0. The molecular formula is C3H6N2O2. The quantitative estimate of drug-likeness (QED) is 0.311. The van der Waals surface area contributed by atoms with Crippen LogP contribution in [0, 0.1) is 0 Å². The van der Waals surface area contributed by atoms with Gasteiger partial charge in [0.15, 0.2) is 5.88 Å². The van der Waals surface area contributed by atoms with Crippen molar-refractivity contribution in [3.8, 4) is 0 Å². The number of rotatable bonds is 2. The summed E-state index contributed by atoms with van der Waals surface area (Å²) in [6.45, 7) is 0. The Morgan fingerprint density at radius 2 is 2.43 bits per heavy atom. The highest BCUT2D eigenvalue weighted by Crippen LogP contribution is 1.62. The standard InChI is InChI=1S/C3H6N2O2/c4-3(7)1-5-2-6/h1-2,7H,4H2,(H,5,6)/b3-1+. The van der Waals surface area contributed by atoms with Gasteiger partial charge < -0.3 is 16.2 Å². The Morgan fingerprint density at radius 1 is 1.86 bits per heavy atom. The Hall–Kier alpha value is -1.19. The van der Waals surface area contributed by atoms with Gasteiger partial charge in [-0.3, -0.25) is 4.79 Å². The topological polar surface area (TPSA) is 75.3 Å². The number of nitrogens with two attached hydrogens (primary N) is 1. The molecule has 0 spiro atoms. The van der Waals surface area contributed by atoms with Crippen LogP contribution in [0.4, 0.5) is 0 Å². The van der Waals surface area contributed by atoms with Crippen molar-refractivity contribution in [3.05, 3.63) is 12.1 Å². The molecule has 0 atom stereocenters. The molecule has 0 unspecified atom stereocenters. The summed E-state index contributed by atoms with van der Waals surface area (Å²) in [6, 6.07) is 0. The van der Waals surface area contributed by atoms with Gasteiger partial charge in [-0.25, -0.2) is 0 Å². The first-order chi connectivity index (χ1) is 3.27. The lowest BCUT2D eigenvalue weighted by atomic mass is 10.8. The largest absolute Gasteiger partial charge is 0.494 e. The van der Waals surface area contributed by atoms with Gasteiger partial charge in [0, 0.05) is 0 Å². The number of hydrogen-bond acceptors (Lipinski definition) is 3. The van der Waals surface area contributed by atoms with Crippen molar-refractivity contribution < 1.29 is 9.90 Å². The molecule has 4 nitrogen and oxygen atoms in total. The third-order valence-corrected chi connectivity index (χ3v) is 0.299. The Kier molecular flexibility index (Phi) is 2.50. The second-order valence-electron chi connectivity index (χ2n) is 0.854. The zero-order valence-electron chi connectivity index (χ0n) is 3.59. The van der Waals surface area contributed by atoms with Gasteiger partial charge >= 0.3 is 0 Å². The maximum absolute atomic E-state index is 9.39. The fourth-order valence-electron chi connectivity index (χ4n) is 0.119. The van der Waals surface area contributed by atoms with Crippen molar-refractivity contribution in [2.24, 2.45) is 5.73 Å². The van der Waals surface area contributed by atoms with Crippen LogP contribution in [0.5, 0.6) is 0 Å². The van der Waals surface area contributed by atoms with Crippen molar-refractivity contribution in [2.45, 2.75) is 0 Å². The van der Waals surface area contributed by atoms with Crippen molar-refractivity contribution in [2.75, 3.05) is 0 Å². The van der Waals surface area contributed by atoms with E-state index in [4.69, 9.17) is 5.11 Å². The molecule has 0 heterocycles. The van der Waals surface area contributed by atoms with Crippen LogP contribution in [0.15, 0.2) is 12.1 Å². The summed E-state index contributed by atoms with van der Waals surface area (Å²) in [7, 11) is 0. The first-order valence-corrected chi connectivity index (χ1v) is 1.61. The van der Waals surface area contributed by atoms with Crippen LogP contribution in [-0.4, -0.2) is 11.5 Å². The minimum absolute atomic E-state index is 0.406. The van der Waals surface area contributed by atoms with Crippen LogP contribution >= 0.6 is 0 Å². The van der Waals surface area contributed by atoms with E-state index in [1.165, 1.54) is 0 Å². The second kappa shape index (κ2) is 3.02. The van der Waals surface area contributed by atoms with Crippen LogP contribution in [-0.2, 0) is 4.79 Å². The minimum Gasteiger partial charge on any atom is -0.494 e. The SMILES string of the molecule is N/C(O)=C\NC=O. The summed E-state index contributed by atoms with van der Waals surface area (Å²) in [4.78, 5) is 9.39. The van der Waals surface area contributed by atoms with Crippen molar-refractivity contribution in [3.63, 3.8) is 0 Å². The smallest absolute Gasteiger partial charge is 0.211 e. The van der Waals surface area contributed by atoms with Gasteiger partial charge in [0.1, 0.15) is 0 Å². The lowest BCUT2D eigenvalue weighted by Gasteiger charge is -1.84. The highest BCUT2D eigenvalue weighted by molar-refractivity contribution is 5.47. The number of carbonyl (C=O) groups is 1. The van der Waals surface area contributed by atoms with Crippen LogP contribution in [0.3, 0.4) is 0 Å². The van der Waals surface area contributed by atoms with E-state index in [-0.39, 0.29) is 0 Å². The van der Waals surface area contributed by atoms with Crippen molar-refractivity contribution >= 4 is 6.41 Å². The maximum Gasteiger partial charge on any atom is 0.211 e. The second-order valence-corrected chi connectivity index (χ2v) is 0.854. The lowest BCUT2D eigenvalue weighted by molar-refractivity contribution is -0.108. The molecule has 4 heteroatoms. The van der Waals surface area contributed by atoms with E-state index in [9.17, 15) is 4.79 Å². The normalized spacial score (nSPS) is 10.6. The molecular weight excluding hydrogens is 96.0 g/mol. The summed E-state index contributed by atoms with van der Waals surface area (Å²) in [5.74, 6) is -0.410. The summed E-state index contributed by atoms with van der Waals surface area (Å²) < 4.78 is 0. The van der Waals surface area contributed by atoms with Gasteiger partial charge in [-0.15, -0.1) is 0 Å². The van der Waals surface area contributed by atoms with Crippen LogP contribution in [0.2, 0.25) is 0 Å². The predicted molar refractivity (Wildman–Crippen MR) is 24.1 cm³/mol. The average molecular weight is 102 g/mol. The molecule has 0 aromatic heterocycles. The molecule has 40 valence electrons. The molecule has 0 bridgehead atoms. The van der Waals surface area contributed by atoms with E-state index < -0.39 is 5.88 Å². The van der Waals surface area contributed by atoms with Crippen LogP contribution < -0.4 is 11.1 Å². The molecule has 4 N–H and O–H groups in total. The van der Waals surface area contributed by atoms with Crippen LogP contribution in [0.25, 0.3) is 0 Å². The number of aliphatic hydroxyl groups excluding tert-OH is 1. The molecule has 0 aliphatic heterocycles. The zero-order valence-corrected chi connectivity index (χ0v) is 3.59. The predicted octanol–water partition coefficient (Wildman–Crippen LogP) is -0.952. The van der Waals surface area contributed by atoms with E-state index >= 15 is 0 Å². The molecule has 0 aliphatic rings. The molecule has 1 amide bonds. The number of aliphatic hydroxyl groups is 1. The van der Waals surface area contributed by atoms with E-state index in [2.05, 4.69) is 5.73 Å². The minimum atomic E-state index is -0.410. The van der Waals surface area contributed by atoms with Gasteiger partial charge in [-0.2, -0.15) is 0 Å². The molecule has 0 saturated heterocycles. The Morgan fingerprint density at radius 3 is 2.57 bits per heavy atom. The fraction of sp³-hybridized carbons (Fsp3) is 0. The molecule has 0 fully saturated rings. The first-order valence-electron chi connectivity index (χ1n) is 1.61. The van der Waals surface area contributed by atoms with E-state index in [1.807, 2.05) is 5.32 Å². The Bertz CT molecular complexity index is 84.9. The highest BCUT2D eigenvalue weighted by atomic mass is 16.3. The summed E-state index contributed by atoms with van der Waals surface area (Å²) in [6.07, 6.45) is 1.38. The Labute approximate surface area is 40.6 Å². The van der Waals surface area contributed by atoms with E-state index in [0.29, 0.717) is 6.41 Å². The Balaban J connectivity index is 3.25. The maximum atomic E-state index is 9.39. The summed E-state index contributed by atoms with van der Waals surface area (Å²) in [5.41, 5.74) is 4.67. The molecule has 0 aliphatic carbocycles. The molecule has 7 heavy (non-hydrogen) atoms. The van der Waals surface area contributed by atoms with Crippen LogP contribution in [0.1, 0.15) is 0 Å². The van der Waals surface area contributed by atoms with Gasteiger partial charge in [0.25, 0.3) is 0 Å². The van der Waals surface area contributed by atoms with Gasteiger partial charge in [-0.05, 0) is 0 Å². The zero-order chi connectivity index (χ0) is 5.70. The monoisotopic (exact) mass is 102 g/mol. The first kappa shape index (κ1) is 5.81. The fourth-order valence-corrected chi connectivity index (χ4v) is 0.119. The molecule has 0 radical (unpaired) electrons. The van der Waals surface area contributed by atoms with E-state index in [0.717, 1.165) is 6.20 Å². The number of nitrogens with one attached hydrogen (secondary N) is 1. The summed E-state index contributed by atoms with van der Waals surface area (Å²) in [5, 5.41) is 10.1. The number of carbonyl (C=O) groups excluding carboxylic acids is 1. The highest BCUT2D eigenvalue weighted by Gasteiger charge is 1.72. The lowest BCUT2D eigenvalue weighted by Crippen LogP contribution is -2.05. The van der Waals surface area contributed by atoms with Crippen molar-refractivity contribution in [1.82, 2.24) is 5.32 Å². The third kappa shape index (κ3) is 4.81. The van der Waals surface area contributed by atoms with Gasteiger partial charge in [0.05, 0.1) is 6.20 Å². The molecule has 0 saturated carbocycles. The average Bonchev–Trinajstić information content (AvgIpc) is 1.61. The number of hydrogen-bond donors (Lipinski definition) is 3. The van der Waals surface area contributed by atoms with Gasteiger partial charge in [-0.1, -0.05) is 0 Å². The molecule has 0 rings (SSSR count). The van der Waals surface area contributed by atoms with E-state index in [1.54, 1.807) is 0 Å².